The molecule has 0 aliphatic rings. The molecule has 2 heterocycles. The molecule has 0 atom stereocenters. The highest BCUT2D eigenvalue weighted by Crippen LogP contribution is 2.29. The summed E-state index contributed by atoms with van der Waals surface area (Å²) in [6.45, 7) is 3.94. The van der Waals surface area contributed by atoms with E-state index in [0.29, 0.717) is 33.4 Å². The van der Waals surface area contributed by atoms with E-state index in [0.717, 1.165) is 11.1 Å². The first-order valence-corrected chi connectivity index (χ1v) is 10.7. The van der Waals surface area contributed by atoms with E-state index >= 15 is 0 Å². The second kappa shape index (κ2) is 8.32. The fourth-order valence-corrected chi connectivity index (χ4v) is 3.96. The van der Waals surface area contributed by atoms with Gasteiger partial charge in [-0.1, -0.05) is 30.3 Å². The van der Waals surface area contributed by atoms with E-state index in [4.69, 9.17) is 5.73 Å². The van der Waals surface area contributed by atoms with Gasteiger partial charge in [-0.15, -0.1) is 0 Å². The lowest BCUT2D eigenvalue weighted by molar-refractivity contribution is 0.102. The van der Waals surface area contributed by atoms with Gasteiger partial charge in [-0.2, -0.15) is 9.78 Å². The molecule has 5 rings (SSSR count). The van der Waals surface area contributed by atoms with Crippen LogP contribution in [-0.2, 0) is 0 Å². The van der Waals surface area contributed by atoms with Crippen LogP contribution < -0.4 is 11.1 Å². The van der Waals surface area contributed by atoms with Gasteiger partial charge in [0, 0.05) is 5.69 Å². The minimum atomic E-state index is -0.400. The van der Waals surface area contributed by atoms with Crippen molar-refractivity contribution in [1.29, 1.82) is 0 Å². The van der Waals surface area contributed by atoms with Gasteiger partial charge < -0.3 is 16.2 Å². The zero-order chi connectivity index (χ0) is 23.8. The van der Waals surface area contributed by atoms with Crippen molar-refractivity contribution in [1.82, 2.24) is 14.6 Å². The molecule has 3 aromatic carbocycles. The number of amides is 1. The lowest BCUT2D eigenvalue weighted by atomic mass is 10.1. The quantitative estimate of drug-likeness (QED) is 0.345. The number of para-hydroxylation sites is 2. The smallest absolute Gasteiger partial charge is 0.261 e. The summed E-state index contributed by atoms with van der Waals surface area (Å²) in [4.78, 5) is 22.8. The third-order valence-electron chi connectivity index (χ3n) is 5.37. The number of phenolic OH excluding ortho intramolecular Hbond substituents is 1. The minimum Gasteiger partial charge on any atom is -0.508 e. The number of nitrogen functional groups attached to an aromatic ring is 1. The molecule has 2 aromatic heterocycles. The molecule has 1 amide bonds. The minimum absolute atomic E-state index is 0.114. The van der Waals surface area contributed by atoms with Gasteiger partial charge in [0.05, 0.1) is 17.2 Å². The highest BCUT2D eigenvalue weighted by atomic mass is 16.3. The van der Waals surface area contributed by atoms with Crippen LogP contribution in [0.5, 0.6) is 5.75 Å². The Bertz CT molecular complexity index is 1580. The molecule has 0 aliphatic carbocycles. The van der Waals surface area contributed by atoms with Crippen LogP contribution in [0.15, 0.2) is 71.8 Å². The predicted octanol–water partition coefficient (Wildman–Crippen LogP) is 4.62. The van der Waals surface area contributed by atoms with E-state index in [1.54, 1.807) is 24.3 Å². The van der Waals surface area contributed by atoms with Crippen molar-refractivity contribution in [3.63, 3.8) is 0 Å². The molecule has 0 fully saturated rings. The number of nitrogens with zero attached hydrogens (tertiary/aromatic N) is 4. The average Bonchev–Trinajstić information content (AvgIpc) is 3.05. The maximum absolute atomic E-state index is 13.4. The Balaban J connectivity index is 1.66. The Morgan fingerprint density at radius 3 is 2.41 bits per heavy atom. The Hall–Kier alpha value is -4.72. The average molecular weight is 451 g/mol. The molecule has 0 spiro atoms. The highest BCUT2D eigenvalue weighted by Gasteiger charge is 2.24. The van der Waals surface area contributed by atoms with E-state index in [1.165, 1.54) is 10.9 Å². The van der Waals surface area contributed by atoms with Crippen molar-refractivity contribution in [2.45, 2.75) is 13.8 Å². The third kappa shape index (κ3) is 3.93. The first-order chi connectivity index (χ1) is 16.4. The van der Waals surface area contributed by atoms with E-state index < -0.39 is 5.91 Å². The van der Waals surface area contributed by atoms with Crippen LogP contribution in [0.4, 0.5) is 11.5 Å². The molecule has 8 heteroatoms. The molecule has 8 nitrogen and oxygen atoms in total. The summed E-state index contributed by atoms with van der Waals surface area (Å²) >= 11 is 0. The van der Waals surface area contributed by atoms with Gasteiger partial charge in [0.15, 0.2) is 5.65 Å². The van der Waals surface area contributed by atoms with E-state index in [-0.39, 0.29) is 17.1 Å². The summed E-state index contributed by atoms with van der Waals surface area (Å²) < 4.78 is 1.40. The number of hydrogen-bond acceptors (Lipinski definition) is 6. The van der Waals surface area contributed by atoms with Gasteiger partial charge in [-0.05, 0) is 66.9 Å². The number of nitrogens with two attached hydrogens (primary N) is 1. The summed E-state index contributed by atoms with van der Waals surface area (Å²) in [6.07, 6.45) is 1.54. The van der Waals surface area contributed by atoms with Gasteiger partial charge in [0.1, 0.15) is 22.6 Å². The Morgan fingerprint density at radius 1 is 1.00 bits per heavy atom. The van der Waals surface area contributed by atoms with Crippen molar-refractivity contribution < 1.29 is 9.90 Å². The van der Waals surface area contributed by atoms with Crippen LogP contribution in [0.25, 0.3) is 22.2 Å². The number of carbonyl (C=O) groups is 1. The molecule has 34 heavy (non-hydrogen) atoms. The van der Waals surface area contributed by atoms with Gasteiger partial charge in [0.2, 0.25) is 0 Å². The second-order valence-electron chi connectivity index (χ2n) is 8.13. The highest BCUT2D eigenvalue weighted by molar-refractivity contribution is 6.16. The van der Waals surface area contributed by atoms with Gasteiger partial charge in [0.25, 0.3) is 5.91 Å². The van der Waals surface area contributed by atoms with Crippen LogP contribution in [0.3, 0.4) is 0 Å². The number of fused-ring (bicyclic) bond motifs is 2. The molecule has 0 saturated heterocycles. The number of anilines is 2. The molecule has 0 saturated carbocycles. The van der Waals surface area contributed by atoms with Crippen LogP contribution in [0.2, 0.25) is 0 Å². The third-order valence-corrected chi connectivity index (χ3v) is 5.37. The van der Waals surface area contributed by atoms with Crippen LogP contribution in [0.1, 0.15) is 27.0 Å². The Labute approximate surface area is 195 Å². The summed E-state index contributed by atoms with van der Waals surface area (Å²) in [7, 11) is 0. The molecular weight excluding hydrogens is 428 g/mol. The fraction of sp³-hybridized carbons (Fsp3) is 0.0769. The number of nitrogens with one attached hydrogen (secondary N) is 1. The predicted molar refractivity (Wildman–Crippen MR) is 134 cm³/mol. The molecule has 0 unspecified atom stereocenters. The summed E-state index contributed by atoms with van der Waals surface area (Å²) in [5.74, 6) is -0.166. The maximum atomic E-state index is 13.4. The standard InChI is InChI=1S/C26H22N6O2/c1-15-10-16(2)12-18(11-15)29-26(34)22-23-25(31-21-9-4-3-8-20(21)30-23)32(24(22)27)28-14-17-6-5-7-19(33)13-17/h3-14,33H,27H2,1-2H3,(H,29,34)/b28-14-. The number of hydrogen-bond donors (Lipinski definition) is 3. The fourth-order valence-electron chi connectivity index (χ4n) is 3.96. The Morgan fingerprint density at radius 2 is 1.71 bits per heavy atom. The summed E-state index contributed by atoms with van der Waals surface area (Å²) in [5, 5.41) is 17.1. The SMILES string of the molecule is Cc1cc(C)cc(NC(=O)c2c(N)n(/N=C\c3cccc(O)c3)c3nc4ccccc4nc23)c1. The van der Waals surface area contributed by atoms with Gasteiger partial charge in [-0.3, -0.25) is 4.79 Å². The maximum Gasteiger partial charge on any atom is 0.261 e. The van der Waals surface area contributed by atoms with Crippen LogP contribution >= 0.6 is 0 Å². The number of aromatic hydroxyl groups is 1. The topological polar surface area (TPSA) is 118 Å². The molecule has 4 N–H and O–H groups in total. The Kier molecular flexibility index (Phi) is 5.18. The summed E-state index contributed by atoms with van der Waals surface area (Å²) in [6, 6.07) is 19.8. The van der Waals surface area contributed by atoms with Crippen molar-refractivity contribution in [3.8, 4) is 5.75 Å². The van der Waals surface area contributed by atoms with Crippen LogP contribution in [-0.4, -0.2) is 31.9 Å². The molecule has 0 bridgehead atoms. The molecular formula is C26H22N6O2. The van der Waals surface area contributed by atoms with E-state index in [2.05, 4.69) is 20.4 Å². The first-order valence-electron chi connectivity index (χ1n) is 10.7. The number of aryl methyl sites for hydroxylation is 2. The van der Waals surface area contributed by atoms with Crippen LogP contribution in [0, 0.1) is 13.8 Å². The van der Waals surface area contributed by atoms with E-state index in [9.17, 15) is 9.90 Å². The molecule has 0 aliphatic heterocycles. The molecule has 168 valence electrons. The number of aromatic nitrogens is 3. The second-order valence-corrected chi connectivity index (χ2v) is 8.13. The molecule has 0 radical (unpaired) electrons. The zero-order valence-electron chi connectivity index (χ0n) is 18.6. The molecule has 5 aromatic rings. The number of rotatable bonds is 4. The first kappa shape index (κ1) is 21.1. The van der Waals surface area contributed by atoms with Crippen molar-refractivity contribution in [3.05, 3.63) is 89.0 Å². The van der Waals surface area contributed by atoms with Gasteiger partial charge >= 0.3 is 0 Å². The van der Waals surface area contributed by atoms with Crippen molar-refractivity contribution in [2.75, 3.05) is 11.1 Å². The van der Waals surface area contributed by atoms with Gasteiger partial charge in [-0.25, -0.2) is 9.97 Å². The van der Waals surface area contributed by atoms with E-state index in [1.807, 2.05) is 56.3 Å². The monoisotopic (exact) mass is 450 g/mol. The lowest BCUT2D eigenvalue weighted by Gasteiger charge is -2.08. The number of carbonyl (C=O) groups excluding carboxylic acids is 1. The number of phenols is 1. The lowest BCUT2D eigenvalue weighted by Crippen LogP contribution is -2.14. The summed E-state index contributed by atoms with van der Waals surface area (Å²) in [5.41, 5.74) is 12.1. The largest absolute Gasteiger partial charge is 0.508 e. The normalized spacial score (nSPS) is 11.5. The van der Waals surface area contributed by atoms with Crippen molar-refractivity contribution >= 4 is 45.8 Å². The van der Waals surface area contributed by atoms with Crippen molar-refractivity contribution in [2.24, 2.45) is 5.10 Å². The zero-order valence-corrected chi connectivity index (χ0v) is 18.6. The number of benzene rings is 3.